The van der Waals surface area contributed by atoms with Crippen LogP contribution < -0.4 is 9.64 Å². The first-order valence-electron chi connectivity index (χ1n) is 10.8. The van der Waals surface area contributed by atoms with Gasteiger partial charge in [-0.15, -0.1) is 0 Å². The highest BCUT2D eigenvalue weighted by Gasteiger charge is 2.47. The molecule has 1 fully saturated rings. The monoisotopic (exact) mass is 485 g/mol. The summed E-state index contributed by atoms with van der Waals surface area (Å²) in [5.41, 5.74) is 1.23. The second kappa shape index (κ2) is 8.81. The van der Waals surface area contributed by atoms with E-state index in [1.807, 2.05) is 30.3 Å². The van der Waals surface area contributed by atoms with Crippen LogP contribution in [-0.2, 0) is 9.59 Å². The van der Waals surface area contributed by atoms with Gasteiger partial charge in [0.1, 0.15) is 17.3 Å². The van der Waals surface area contributed by atoms with Crippen molar-refractivity contribution in [3.8, 4) is 11.5 Å². The molecule has 2 N–H and O–H groups in total. The van der Waals surface area contributed by atoms with E-state index < -0.39 is 17.7 Å². The van der Waals surface area contributed by atoms with Crippen LogP contribution in [0.1, 0.15) is 17.2 Å². The third kappa shape index (κ3) is 3.78. The van der Waals surface area contributed by atoms with Gasteiger partial charge in [0, 0.05) is 17.3 Å². The summed E-state index contributed by atoms with van der Waals surface area (Å²) in [4.78, 5) is 28.1. The van der Waals surface area contributed by atoms with Crippen molar-refractivity contribution in [2.24, 2.45) is 0 Å². The van der Waals surface area contributed by atoms with Crippen LogP contribution >= 0.6 is 11.6 Å². The average Bonchev–Trinajstić information content (AvgIpc) is 3.15. The summed E-state index contributed by atoms with van der Waals surface area (Å²) < 4.78 is 5.31. The zero-order valence-electron chi connectivity index (χ0n) is 18.6. The third-order valence-corrected chi connectivity index (χ3v) is 6.41. The highest BCUT2D eigenvalue weighted by Crippen LogP contribution is 2.44. The molecule has 1 atom stereocenters. The number of benzene rings is 4. The highest BCUT2D eigenvalue weighted by molar-refractivity contribution is 6.52. The molecular weight excluding hydrogens is 466 g/mol. The molecule has 4 aromatic carbocycles. The third-order valence-electron chi connectivity index (χ3n) is 6.11. The normalized spacial score (nSPS) is 17.2. The summed E-state index contributed by atoms with van der Waals surface area (Å²) in [6.45, 7) is 0. The Bertz CT molecular complexity index is 1520. The Hall–Kier alpha value is -4.29. The van der Waals surface area contributed by atoms with Gasteiger partial charge in [0.05, 0.1) is 23.7 Å². The zero-order valence-corrected chi connectivity index (χ0v) is 19.4. The number of amides is 1. The fourth-order valence-electron chi connectivity index (χ4n) is 4.44. The van der Waals surface area contributed by atoms with E-state index in [2.05, 4.69) is 0 Å². The predicted octanol–water partition coefficient (Wildman–Crippen LogP) is 5.83. The number of aliphatic hydroxyl groups excluding tert-OH is 1. The minimum Gasteiger partial charge on any atom is -0.507 e. The molecule has 6 nitrogen and oxygen atoms in total. The van der Waals surface area contributed by atoms with Crippen molar-refractivity contribution in [3.63, 3.8) is 0 Å². The topological polar surface area (TPSA) is 87.1 Å². The number of aliphatic hydroxyl groups is 1. The van der Waals surface area contributed by atoms with Crippen LogP contribution in [0, 0.1) is 0 Å². The van der Waals surface area contributed by atoms with Crippen LogP contribution in [0.5, 0.6) is 11.5 Å². The Kier molecular flexibility index (Phi) is 5.67. The standard InChI is InChI=1S/C28H20ClNO5/c1-35-19-9-5-8-18(15-19)30-25(17-12-13-23(31)22(29)14-17)24(27(33)28(30)34)26(32)21-11-4-7-16-6-2-3-10-20(16)21/h2-15,25,31-32H,1H3/b26-24-. The first kappa shape index (κ1) is 22.5. The van der Waals surface area contributed by atoms with Crippen molar-refractivity contribution >= 4 is 45.5 Å². The van der Waals surface area contributed by atoms with Gasteiger partial charge in [0.2, 0.25) is 0 Å². The van der Waals surface area contributed by atoms with Crippen LogP contribution in [0.2, 0.25) is 5.02 Å². The van der Waals surface area contributed by atoms with Gasteiger partial charge in [-0.2, -0.15) is 0 Å². The number of anilines is 1. The molecule has 0 aromatic heterocycles. The number of methoxy groups -OCH3 is 1. The van der Waals surface area contributed by atoms with Crippen LogP contribution in [-0.4, -0.2) is 29.0 Å². The second-order valence-electron chi connectivity index (χ2n) is 8.11. The molecule has 4 aromatic rings. The number of aromatic hydroxyl groups is 1. The summed E-state index contributed by atoms with van der Waals surface area (Å²) in [5, 5.41) is 23.1. The average molecular weight is 486 g/mol. The van der Waals surface area contributed by atoms with Gasteiger partial charge in [0.25, 0.3) is 11.7 Å². The first-order chi connectivity index (χ1) is 16.9. The van der Waals surface area contributed by atoms with Crippen molar-refractivity contribution in [3.05, 3.63) is 107 Å². The molecule has 7 heteroatoms. The molecule has 174 valence electrons. The van der Waals surface area contributed by atoms with E-state index in [-0.39, 0.29) is 22.1 Å². The molecule has 0 bridgehead atoms. The highest BCUT2D eigenvalue weighted by atomic mass is 35.5. The number of hydrogen-bond donors (Lipinski definition) is 2. The van der Waals surface area contributed by atoms with Gasteiger partial charge in [-0.25, -0.2) is 0 Å². The second-order valence-corrected chi connectivity index (χ2v) is 8.52. The molecule has 0 aliphatic carbocycles. The number of ketones is 1. The Morgan fingerprint density at radius 2 is 1.69 bits per heavy atom. The molecule has 0 saturated carbocycles. The van der Waals surface area contributed by atoms with Crippen molar-refractivity contribution in [1.82, 2.24) is 0 Å². The minimum absolute atomic E-state index is 0.0592. The van der Waals surface area contributed by atoms with Gasteiger partial charge >= 0.3 is 0 Å². The first-order valence-corrected chi connectivity index (χ1v) is 11.2. The number of fused-ring (bicyclic) bond motifs is 1. The molecule has 1 heterocycles. The quantitative estimate of drug-likeness (QED) is 0.215. The number of carbonyl (C=O) groups is 2. The molecule has 1 aliphatic rings. The number of nitrogens with zero attached hydrogens (tertiary/aromatic N) is 1. The van der Waals surface area contributed by atoms with Gasteiger partial charge in [0.15, 0.2) is 0 Å². The molecule has 1 saturated heterocycles. The zero-order chi connectivity index (χ0) is 24.7. The number of carbonyl (C=O) groups excluding carboxylic acids is 2. The van der Waals surface area contributed by atoms with Crippen molar-refractivity contribution in [2.45, 2.75) is 6.04 Å². The number of rotatable bonds is 4. The lowest BCUT2D eigenvalue weighted by Crippen LogP contribution is -2.29. The van der Waals surface area contributed by atoms with E-state index in [0.29, 0.717) is 22.6 Å². The fraction of sp³-hybridized carbons (Fsp3) is 0.0714. The largest absolute Gasteiger partial charge is 0.507 e. The summed E-state index contributed by atoms with van der Waals surface area (Å²) in [6.07, 6.45) is 0. The Morgan fingerprint density at radius 1 is 0.943 bits per heavy atom. The van der Waals surface area contributed by atoms with E-state index in [4.69, 9.17) is 16.3 Å². The maximum atomic E-state index is 13.4. The molecular formula is C28H20ClNO5. The van der Waals surface area contributed by atoms with E-state index in [1.54, 1.807) is 42.5 Å². The minimum atomic E-state index is -0.987. The van der Waals surface area contributed by atoms with E-state index in [9.17, 15) is 19.8 Å². The summed E-state index contributed by atoms with van der Waals surface area (Å²) in [6, 6.07) is 23.1. The lowest BCUT2D eigenvalue weighted by molar-refractivity contribution is -0.132. The number of halogens is 1. The smallest absolute Gasteiger partial charge is 0.300 e. The molecule has 35 heavy (non-hydrogen) atoms. The van der Waals surface area contributed by atoms with Crippen molar-refractivity contribution in [2.75, 3.05) is 12.0 Å². The van der Waals surface area contributed by atoms with Crippen LogP contribution in [0.15, 0.2) is 90.5 Å². The predicted molar refractivity (Wildman–Crippen MR) is 135 cm³/mol. The molecule has 0 spiro atoms. The van der Waals surface area contributed by atoms with Gasteiger partial charge in [-0.05, 0) is 40.6 Å². The summed E-state index contributed by atoms with van der Waals surface area (Å²) in [7, 11) is 1.50. The number of ether oxygens (including phenoxy) is 1. The Balaban J connectivity index is 1.79. The lowest BCUT2D eigenvalue weighted by Gasteiger charge is -2.26. The summed E-state index contributed by atoms with van der Waals surface area (Å²) >= 11 is 6.19. The van der Waals surface area contributed by atoms with Crippen LogP contribution in [0.4, 0.5) is 5.69 Å². The SMILES string of the molecule is COc1cccc(N2C(=O)C(=O)/C(=C(\O)c3cccc4ccccc34)C2c2ccc(O)c(Cl)c2)c1. The van der Waals surface area contributed by atoms with Gasteiger partial charge in [-0.3, -0.25) is 14.5 Å². The number of phenols is 1. The molecule has 0 radical (unpaired) electrons. The number of hydrogen-bond acceptors (Lipinski definition) is 5. The van der Waals surface area contributed by atoms with Crippen LogP contribution in [0.3, 0.4) is 0 Å². The molecule has 5 rings (SSSR count). The fourth-order valence-corrected chi connectivity index (χ4v) is 4.63. The number of phenolic OH excluding ortho intramolecular Hbond substituents is 1. The van der Waals surface area contributed by atoms with E-state index >= 15 is 0 Å². The maximum Gasteiger partial charge on any atom is 0.300 e. The van der Waals surface area contributed by atoms with E-state index in [0.717, 1.165) is 10.8 Å². The van der Waals surface area contributed by atoms with Crippen molar-refractivity contribution < 1.29 is 24.5 Å². The molecule has 1 aliphatic heterocycles. The van der Waals surface area contributed by atoms with Gasteiger partial charge < -0.3 is 14.9 Å². The Morgan fingerprint density at radius 3 is 2.46 bits per heavy atom. The maximum absolute atomic E-state index is 13.4. The Labute approximate surface area is 206 Å². The van der Waals surface area contributed by atoms with Gasteiger partial charge in [-0.1, -0.05) is 66.2 Å². The van der Waals surface area contributed by atoms with Crippen molar-refractivity contribution in [1.29, 1.82) is 0 Å². The van der Waals surface area contributed by atoms with Crippen LogP contribution in [0.25, 0.3) is 16.5 Å². The van der Waals surface area contributed by atoms with E-state index in [1.165, 1.54) is 24.1 Å². The lowest BCUT2D eigenvalue weighted by atomic mass is 9.93. The summed E-state index contributed by atoms with van der Waals surface area (Å²) in [5.74, 6) is -1.55. The number of Topliss-reactive ketones (excluding diaryl/α,β-unsaturated/α-hetero) is 1. The molecule has 1 unspecified atom stereocenters. The molecule has 1 amide bonds.